The molecule has 1 N–H and O–H groups in total. The quantitative estimate of drug-likeness (QED) is 0.619. The second-order valence-corrected chi connectivity index (χ2v) is 9.63. The van der Waals surface area contributed by atoms with Crippen molar-refractivity contribution in [3.05, 3.63) is 32.2 Å². The molecule has 1 saturated carbocycles. The number of ether oxygens (including phenoxy) is 1. The highest BCUT2D eigenvalue weighted by atomic mass is 79.9. The van der Waals surface area contributed by atoms with Gasteiger partial charge in [-0.1, -0.05) is 0 Å². The number of halogens is 3. The van der Waals surface area contributed by atoms with Gasteiger partial charge in [0, 0.05) is 31.2 Å². The fraction of sp³-hybridized carbons (Fsp3) is 0.579. The molecular weight excluding hydrogens is 497 g/mol. The Hall–Kier alpha value is -1.35. The molecule has 2 aliphatic rings. The summed E-state index contributed by atoms with van der Waals surface area (Å²) >= 11 is 7.09. The topological polar surface area (TPSA) is 63.6 Å². The average Bonchev–Trinajstić information content (AvgIpc) is 3.40. The zero-order chi connectivity index (χ0) is 20.6. The van der Waals surface area contributed by atoms with E-state index in [0.29, 0.717) is 34.7 Å². The summed E-state index contributed by atoms with van der Waals surface area (Å²) in [6.45, 7) is 6.20. The number of nitrogens with zero attached hydrogens (tertiary/aromatic N) is 2. The molecule has 9 heteroatoms. The van der Waals surface area contributed by atoms with Crippen molar-refractivity contribution in [1.82, 2.24) is 14.8 Å². The first-order valence-corrected chi connectivity index (χ1v) is 10.8. The van der Waals surface area contributed by atoms with Crippen LogP contribution in [0.15, 0.2) is 21.1 Å². The lowest BCUT2D eigenvalue weighted by Gasteiger charge is -2.27. The smallest absolute Gasteiger partial charge is 0.407 e. The zero-order valence-electron chi connectivity index (χ0n) is 16.2. The van der Waals surface area contributed by atoms with Crippen molar-refractivity contribution in [3.63, 3.8) is 0 Å². The van der Waals surface area contributed by atoms with Gasteiger partial charge in [0.15, 0.2) is 0 Å². The molecule has 0 unspecified atom stereocenters. The normalized spacial score (nSPS) is 17.6. The summed E-state index contributed by atoms with van der Waals surface area (Å²) in [6, 6.07) is 0.356. The number of carbonyl (C=O) groups excluding carboxylic acids is 2. The Balaban J connectivity index is 1.72. The molecule has 6 nitrogen and oxygen atoms in total. The molecule has 1 fully saturated rings. The number of carbonyl (C=O) groups is 2. The van der Waals surface area contributed by atoms with E-state index in [4.69, 9.17) is 4.74 Å². The molecule has 0 aromatic carbocycles. The first kappa shape index (κ1) is 21.4. The maximum atomic E-state index is 13.5. The fourth-order valence-electron chi connectivity index (χ4n) is 3.24. The molecule has 2 amide bonds. The van der Waals surface area contributed by atoms with Gasteiger partial charge in [0.05, 0.1) is 21.1 Å². The SMILES string of the molecule is CC(C)(C)OC(=O)NC/C(=C\F)Cn1c(Br)c2c(c1Br)C(=O)N(C1CC1)CC2. The van der Waals surface area contributed by atoms with Crippen molar-refractivity contribution in [2.24, 2.45) is 0 Å². The molecular formula is C19H24Br2FN3O3. The van der Waals surface area contributed by atoms with E-state index in [-0.39, 0.29) is 19.0 Å². The minimum atomic E-state index is -0.622. The number of nitrogens with one attached hydrogen (secondary N) is 1. The predicted octanol–water partition coefficient (Wildman–Crippen LogP) is 4.55. The second-order valence-electron chi connectivity index (χ2n) is 8.12. The molecule has 154 valence electrons. The van der Waals surface area contributed by atoms with Gasteiger partial charge in [-0.25, -0.2) is 9.18 Å². The summed E-state index contributed by atoms with van der Waals surface area (Å²) in [7, 11) is 0. The average molecular weight is 521 g/mol. The zero-order valence-corrected chi connectivity index (χ0v) is 19.3. The number of alkyl carbamates (subject to hydrolysis) is 1. The van der Waals surface area contributed by atoms with Crippen LogP contribution in [0.5, 0.6) is 0 Å². The lowest BCUT2D eigenvalue weighted by Crippen LogP contribution is -2.38. The van der Waals surface area contributed by atoms with Gasteiger partial charge < -0.3 is 19.5 Å². The van der Waals surface area contributed by atoms with E-state index in [9.17, 15) is 14.0 Å². The van der Waals surface area contributed by atoms with Gasteiger partial charge in [0.1, 0.15) is 5.60 Å². The van der Waals surface area contributed by atoms with Crippen molar-refractivity contribution in [2.75, 3.05) is 13.1 Å². The van der Waals surface area contributed by atoms with Crippen LogP contribution in [0.1, 0.15) is 49.5 Å². The molecule has 0 bridgehead atoms. The van der Waals surface area contributed by atoms with E-state index >= 15 is 0 Å². The van der Waals surface area contributed by atoms with Crippen LogP contribution >= 0.6 is 31.9 Å². The number of rotatable bonds is 5. The summed E-state index contributed by atoms with van der Waals surface area (Å²) in [5.74, 6) is 0.0210. The predicted molar refractivity (Wildman–Crippen MR) is 111 cm³/mol. The van der Waals surface area contributed by atoms with Crippen molar-refractivity contribution >= 4 is 43.9 Å². The van der Waals surface area contributed by atoms with Crippen molar-refractivity contribution < 1.29 is 18.7 Å². The summed E-state index contributed by atoms with van der Waals surface area (Å²) in [6.07, 6.45) is 2.76. The monoisotopic (exact) mass is 519 g/mol. The van der Waals surface area contributed by atoms with Crippen molar-refractivity contribution in [1.29, 1.82) is 0 Å². The van der Waals surface area contributed by atoms with Crippen LogP contribution in [0.3, 0.4) is 0 Å². The third-order valence-electron chi connectivity index (χ3n) is 4.67. The Morgan fingerprint density at radius 2 is 2.00 bits per heavy atom. The standard InChI is InChI=1S/C19H24Br2FN3O3/c1-19(2,3)28-18(27)23-9-11(8-22)10-25-15(20)13-6-7-24(12-4-5-12)17(26)14(13)16(25)21/h8,12H,4-7,9-10H2,1-3H3,(H,23,27)/b11-8+. The summed E-state index contributed by atoms with van der Waals surface area (Å²) in [5.41, 5.74) is 1.31. The van der Waals surface area contributed by atoms with Gasteiger partial charge in [0.2, 0.25) is 0 Å². The van der Waals surface area contributed by atoms with Crippen molar-refractivity contribution in [3.8, 4) is 0 Å². The molecule has 3 rings (SSSR count). The Labute approximate surface area is 180 Å². The molecule has 2 heterocycles. The van der Waals surface area contributed by atoms with Crippen LogP contribution in [0.4, 0.5) is 9.18 Å². The minimum absolute atomic E-state index is 0.00921. The van der Waals surface area contributed by atoms with E-state index < -0.39 is 11.7 Å². The maximum Gasteiger partial charge on any atom is 0.407 e. The Morgan fingerprint density at radius 3 is 2.57 bits per heavy atom. The molecule has 0 saturated heterocycles. The molecule has 1 aromatic rings. The number of amides is 2. The molecule has 1 aromatic heterocycles. The highest BCUT2D eigenvalue weighted by Crippen LogP contribution is 2.39. The maximum absolute atomic E-state index is 13.5. The first-order chi connectivity index (χ1) is 13.1. The van der Waals surface area contributed by atoms with Crippen LogP contribution in [0.2, 0.25) is 0 Å². The number of aromatic nitrogens is 1. The van der Waals surface area contributed by atoms with Gasteiger partial charge >= 0.3 is 6.09 Å². The Morgan fingerprint density at radius 1 is 1.32 bits per heavy atom. The Kier molecular flexibility index (Phi) is 6.24. The molecule has 1 aliphatic carbocycles. The van der Waals surface area contributed by atoms with Gasteiger partial charge in [0.25, 0.3) is 5.91 Å². The van der Waals surface area contributed by atoms with E-state index in [2.05, 4.69) is 37.2 Å². The lowest BCUT2D eigenvalue weighted by atomic mass is 10.0. The molecule has 0 radical (unpaired) electrons. The van der Waals surface area contributed by atoms with Gasteiger partial charge in [-0.05, 0) is 77.5 Å². The van der Waals surface area contributed by atoms with Crippen LogP contribution in [0, 0.1) is 0 Å². The lowest BCUT2D eigenvalue weighted by molar-refractivity contribution is 0.0531. The first-order valence-electron chi connectivity index (χ1n) is 9.24. The van der Waals surface area contributed by atoms with Crippen LogP contribution in [-0.4, -0.2) is 46.2 Å². The van der Waals surface area contributed by atoms with Gasteiger partial charge in [-0.15, -0.1) is 0 Å². The minimum Gasteiger partial charge on any atom is -0.444 e. The summed E-state index contributed by atoms with van der Waals surface area (Å²) in [5, 5.41) is 2.56. The molecule has 0 spiro atoms. The van der Waals surface area contributed by atoms with E-state index in [1.165, 1.54) is 0 Å². The molecule has 1 aliphatic heterocycles. The van der Waals surface area contributed by atoms with Gasteiger partial charge in [-0.2, -0.15) is 0 Å². The highest BCUT2D eigenvalue weighted by Gasteiger charge is 2.39. The van der Waals surface area contributed by atoms with Crippen molar-refractivity contribution in [2.45, 2.75) is 58.2 Å². The third-order valence-corrected chi connectivity index (χ3v) is 6.40. The third kappa shape index (κ3) is 4.62. The van der Waals surface area contributed by atoms with Crippen LogP contribution in [-0.2, 0) is 17.7 Å². The second kappa shape index (κ2) is 8.18. The molecule has 0 atom stereocenters. The largest absolute Gasteiger partial charge is 0.444 e. The number of hydrogen-bond donors (Lipinski definition) is 1. The molecule has 28 heavy (non-hydrogen) atoms. The number of hydrogen-bond acceptors (Lipinski definition) is 3. The van der Waals surface area contributed by atoms with Crippen LogP contribution in [0.25, 0.3) is 0 Å². The summed E-state index contributed by atoms with van der Waals surface area (Å²) in [4.78, 5) is 26.6. The van der Waals surface area contributed by atoms with Crippen LogP contribution < -0.4 is 5.32 Å². The summed E-state index contributed by atoms with van der Waals surface area (Å²) < 4.78 is 21.8. The fourth-order valence-corrected chi connectivity index (χ4v) is 4.89. The highest BCUT2D eigenvalue weighted by molar-refractivity contribution is 9.11. The number of fused-ring (bicyclic) bond motifs is 1. The van der Waals surface area contributed by atoms with Gasteiger partial charge in [-0.3, -0.25) is 4.79 Å². The van der Waals surface area contributed by atoms with E-state index in [1.807, 2.05) is 4.90 Å². The Bertz CT molecular complexity index is 825. The van der Waals surface area contributed by atoms with E-state index in [0.717, 1.165) is 29.4 Å². The van der Waals surface area contributed by atoms with E-state index in [1.54, 1.807) is 25.3 Å².